The lowest BCUT2D eigenvalue weighted by Crippen LogP contribution is -2.14. The lowest BCUT2D eigenvalue weighted by atomic mass is 9.96. The largest absolute Gasteiger partial charge is 0.369 e. The molecule has 0 aromatic carbocycles. The summed E-state index contributed by atoms with van der Waals surface area (Å²) in [6.45, 7) is 0.950. The number of hydrogen-bond acceptors (Lipinski definition) is 3. The van der Waals surface area contributed by atoms with Crippen LogP contribution in [0.4, 0.5) is 5.82 Å². The van der Waals surface area contributed by atoms with Crippen LogP contribution in [0.25, 0.3) is 0 Å². The van der Waals surface area contributed by atoms with E-state index in [2.05, 4.69) is 21.4 Å². The minimum atomic E-state index is 0.380. The third-order valence-corrected chi connectivity index (χ3v) is 4.45. The number of allylic oxidation sites excluding steroid dienone is 1. The summed E-state index contributed by atoms with van der Waals surface area (Å²) in [5.74, 6) is 0.969. The van der Waals surface area contributed by atoms with Gasteiger partial charge in [-0.05, 0) is 69.4 Å². The second-order valence-electron chi connectivity index (χ2n) is 5.76. The molecule has 1 aromatic heterocycles. The number of fused-ring (bicyclic) bond motifs is 1. The Hall–Kier alpha value is -1.09. The average molecular weight is 292 g/mol. The monoisotopic (exact) mass is 291 g/mol. The van der Waals surface area contributed by atoms with Crippen molar-refractivity contribution in [2.75, 3.05) is 11.9 Å². The molecule has 3 nitrogen and oxygen atoms in total. The van der Waals surface area contributed by atoms with Gasteiger partial charge in [-0.3, -0.25) is 0 Å². The predicted octanol–water partition coefficient (Wildman–Crippen LogP) is 4.31. The van der Waals surface area contributed by atoms with E-state index >= 15 is 0 Å². The molecule has 0 spiro atoms. The standard InChI is InChI=1S/C16H22ClN3/c17-16-19-14-9-5-4-8-13(14)15(20-16)18-11-10-12-6-2-1-3-7-12/h6H,1-5,7-11H2,(H,18,19,20). The first-order valence-electron chi connectivity index (χ1n) is 7.80. The molecule has 0 fully saturated rings. The first kappa shape index (κ1) is 13.9. The Kier molecular flexibility index (Phi) is 4.56. The van der Waals surface area contributed by atoms with E-state index in [-0.39, 0.29) is 0 Å². The van der Waals surface area contributed by atoms with Gasteiger partial charge in [0, 0.05) is 12.1 Å². The number of hydrogen-bond donors (Lipinski definition) is 1. The zero-order chi connectivity index (χ0) is 13.8. The van der Waals surface area contributed by atoms with Crippen molar-refractivity contribution in [3.05, 3.63) is 28.2 Å². The van der Waals surface area contributed by atoms with Crippen molar-refractivity contribution in [1.82, 2.24) is 9.97 Å². The van der Waals surface area contributed by atoms with Gasteiger partial charge in [-0.25, -0.2) is 9.97 Å². The van der Waals surface area contributed by atoms with Crippen molar-refractivity contribution in [2.45, 2.75) is 57.8 Å². The normalized spacial score (nSPS) is 18.4. The number of rotatable bonds is 4. The van der Waals surface area contributed by atoms with Crippen molar-refractivity contribution >= 4 is 17.4 Å². The van der Waals surface area contributed by atoms with Gasteiger partial charge in [0.05, 0.1) is 5.69 Å². The maximum absolute atomic E-state index is 6.04. The Morgan fingerprint density at radius 3 is 2.75 bits per heavy atom. The summed E-state index contributed by atoms with van der Waals surface area (Å²) in [7, 11) is 0. The highest BCUT2D eigenvalue weighted by Gasteiger charge is 2.17. The minimum Gasteiger partial charge on any atom is -0.369 e. The summed E-state index contributed by atoms with van der Waals surface area (Å²) < 4.78 is 0. The molecule has 2 aliphatic rings. The van der Waals surface area contributed by atoms with Crippen molar-refractivity contribution in [1.29, 1.82) is 0 Å². The van der Waals surface area contributed by atoms with Crippen LogP contribution in [0.3, 0.4) is 0 Å². The third kappa shape index (κ3) is 3.32. The number of anilines is 1. The molecule has 0 aliphatic heterocycles. The highest BCUT2D eigenvalue weighted by Crippen LogP contribution is 2.27. The lowest BCUT2D eigenvalue weighted by molar-refractivity contribution is 0.661. The Morgan fingerprint density at radius 2 is 1.90 bits per heavy atom. The van der Waals surface area contributed by atoms with E-state index in [9.17, 15) is 0 Å². The number of aromatic nitrogens is 2. The fraction of sp³-hybridized carbons (Fsp3) is 0.625. The summed E-state index contributed by atoms with van der Waals surface area (Å²) >= 11 is 6.04. The molecular weight excluding hydrogens is 270 g/mol. The quantitative estimate of drug-likeness (QED) is 0.663. The minimum absolute atomic E-state index is 0.380. The van der Waals surface area contributed by atoms with Gasteiger partial charge in [0.15, 0.2) is 0 Å². The Labute approximate surface area is 125 Å². The van der Waals surface area contributed by atoms with Crippen molar-refractivity contribution in [3.63, 3.8) is 0 Å². The van der Waals surface area contributed by atoms with Gasteiger partial charge >= 0.3 is 0 Å². The second kappa shape index (κ2) is 6.57. The summed E-state index contributed by atoms with van der Waals surface area (Å²) in [5, 5.41) is 3.86. The molecule has 1 heterocycles. The molecule has 0 saturated heterocycles. The van der Waals surface area contributed by atoms with E-state index in [1.54, 1.807) is 5.57 Å². The molecule has 0 saturated carbocycles. The van der Waals surface area contributed by atoms with Crippen LogP contribution in [0, 0.1) is 0 Å². The van der Waals surface area contributed by atoms with E-state index < -0.39 is 0 Å². The molecule has 1 aromatic rings. The number of halogens is 1. The smallest absolute Gasteiger partial charge is 0.224 e. The Bertz CT molecular complexity index is 511. The van der Waals surface area contributed by atoms with Crippen molar-refractivity contribution in [3.8, 4) is 0 Å². The molecule has 108 valence electrons. The summed E-state index contributed by atoms with van der Waals surface area (Å²) in [6, 6.07) is 0. The highest BCUT2D eigenvalue weighted by atomic mass is 35.5. The molecule has 1 N–H and O–H groups in total. The Morgan fingerprint density at radius 1 is 1.05 bits per heavy atom. The number of nitrogens with zero attached hydrogens (tertiary/aromatic N) is 2. The zero-order valence-electron chi connectivity index (χ0n) is 11.9. The van der Waals surface area contributed by atoms with E-state index in [1.807, 2.05) is 0 Å². The van der Waals surface area contributed by atoms with E-state index in [0.717, 1.165) is 37.3 Å². The van der Waals surface area contributed by atoms with Crippen LogP contribution >= 0.6 is 11.6 Å². The lowest BCUT2D eigenvalue weighted by Gasteiger charge is -2.19. The van der Waals surface area contributed by atoms with E-state index in [4.69, 9.17) is 11.6 Å². The second-order valence-corrected chi connectivity index (χ2v) is 6.10. The van der Waals surface area contributed by atoms with Gasteiger partial charge in [0.2, 0.25) is 5.28 Å². The molecule has 20 heavy (non-hydrogen) atoms. The molecule has 0 atom stereocenters. The van der Waals surface area contributed by atoms with Crippen LogP contribution in [0.2, 0.25) is 5.28 Å². The number of aryl methyl sites for hydroxylation is 1. The molecule has 4 heteroatoms. The molecule has 3 rings (SSSR count). The molecule has 2 aliphatic carbocycles. The van der Waals surface area contributed by atoms with Crippen LogP contribution in [-0.2, 0) is 12.8 Å². The van der Waals surface area contributed by atoms with E-state index in [0.29, 0.717) is 5.28 Å². The van der Waals surface area contributed by atoms with Gasteiger partial charge in [0.25, 0.3) is 0 Å². The van der Waals surface area contributed by atoms with E-state index in [1.165, 1.54) is 44.1 Å². The fourth-order valence-corrected chi connectivity index (χ4v) is 3.37. The Balaban J connectivity index is 1.64. The average Bonchev–Trinajstić information content (AvgIpc) is 2.48. The first-order chi connectivity index (χ1) is 9.83. The SMILES string of the molecule is Clc1nc2c(c(NCCC3=CCCCC3)n1)CCCC2. The topological polar surface area (TPSA) is 37.8 Å². The van der Waals surface area contributed by atoms with Gasteiger partial charge in [-0.1, -0.05) is 11.6 Å². The van der Waals surface area contributed by atoms with Gasteiger partial charge in [-0.15, -0.1) is 0 Å². The van der Waals surface area contributed by atoms with Crippen LogP contribution in [0.1, 0.15) is 56.2 Å². The van der Waals surface area contributed by atoms with Crippen LogP contribution in [0.15, 0.2) is 11.6 Å². The van der Waals surface area contributed by atoms with Crippen LogP contribution < -0.4 is 5.32 Å². The maximum Gasteiger partial charge on any atom is 0.224 e. The fourth-order valence-electron chi connectivity index (χ4n) is 3.18. The zero-order valence-corrected chi connectivity index (χ0v) is 12.7. The van der Waals surface area contributed by atoms with Crippen molar-refractivity contribution in [2.24, 2.45) is 0 Å². The third-order valence-electron chi connectivity index (χ3n) is 4.28. The number of nitrogens with one attached hydrogen (secondary N) is 1. The summed E-state index contributed by atoms with van der Waals surface area (Å²) in [5.41, 5.74) is 4.03. The highest BCUT2D eigenvalue weighted by molar-refractivity contribution is 6.28. The molecule has 0 unspecified atom stereocenters. The first-order valence-corrected chi connectivity index (χ1v) is 8.18. The van der Waals surface area contributed by atoms with Crippen molar-refractivity contribution < 1.29 is 0 Å². The molecule has 0 radical (unpaired) electrons. The van der Waals surface area contributed by atoms with Gasteiger partial charge in [-0.2, -0.15) is 0 Å². The molecular formula is C16H22ClN3. The van der Waals surface area contributed by atoms with Crippen LogP contribution in [-0.4, -0.2) is 16.5 Å². The maximum atomic E-state index is 6.04. The van der Waals surface area contributed by atoms with Gasteiger partial charge < -0.3 is 5.32 Å². The predicted molar refractivity (Wildman–Crippen MR) is 83.3 cm³/mol. The molecule has 0 bridgehead atoms. The van der Waals surface area contributed by atoms with Crippen LogP contribution in [0.5, 0.6) is 0 Å². The molecule has 0 amide bonds. The summed E-state index contributed by atoms with van der Waals surface area (Å²) in [6.07, 6.45) is 13.3. The summed E-state index contributed by atoms with van der Waals surface area (Å²) in [4.78, 5) is 8.77. The van der Waals surface area contributed by atoms with Gasteiger partial charge in [0.1, 0.15) is 5.82 Å².